The number of benzene rings is 2. The second-order valence-corrected chi connectivity index (χ2v) is 9.03. The van der Waals surface area contributed by atoms with Gasteiger partial charge < -0.3 is 25.1 Å². The molecule has 0 radical (unpaired) electrons. The summed E-state index contributed by atoms with van der Waals surface area (Å²) in [6, 6.07) is 11.1. The van der Waals surface area contributed by atoms with E-state index < -0.39 is 11.8 Å². The van der Waals surface area contributed by atoms with Crippen LogP contribution in [0, 0.1) is 6.92 Å². The SMILES string of the molecule is CCC(F)(F)c1cccc(NC(=O)c2c(C)[nH]c(-c3ccc(OC)c(N4CCN(C)CC4)c3)[n+]2O)c1. The van der Waals surface area contributed by atoms with Crippen molar-refractivity contribution in [2.45, 2.75) is 26.2 Å². The van der Waals surface area contributed by atoms with Crippen LogP contribution in [0.2, 0.25) is 0 Å². The predicted octanol–water partition coefficient (Wildman–Crippen LogP) is 4.03. The van der Waals surface area contributed by atoms with Gasteiger partial charge in [0.1, 0.15) is 5.75 Å². The molecule has 2 heterocycles. The smallest absolute Gasteiger partial charge is 0.327 e. The van der Waals surface area contributed by atoms with E-state index in [0.717, 1.165) is 42.3 Å². The molecule has 0 spiro atoms. The molecule has 1 amide bonds. The third kappa shape index (κ3) is 4.99. The number of nitrogens with one attached hydrogen (secondary N) is 2. The highest BCUT2D eigenvalue weighted by atomic mass is 19.3. The lowest BCUT2D eigenvalue weighted by Crippen LogP contribution is -2.44. The zero-order valence-corrected chi connectivity index (χ0v) is 20.9. The molecule has 0 aliphatic carbocycles. The number of anilines is 2. The topological polar surface area (TPSA) is 84.7 Å². The Hall–Kier alpha value is -3.66. The summed E-state index contributed by atoms with van der Waals surface area (Å²) < 4.78 is 34.6. The first-order valence-corrected chi connectivity index (χ1v) is 11.9. The van der Waals surface area contributed by atoms with Crippen LogP contribution in [0.25, 0.3) is 11.4 Å². The number of carbonyl (C=O) groups excluding carboxylic acids is 1. The van der Waals surface area contributed by atoms with E-state index in [4.69, 9.17) is 4.74 Å². The van der Waals surface area contributed by atoms with E-state index >= 15 is 0 Å². The Morgan fingerprint density at radius 3 is 2.58 bits per heavy atom. The van der Waals surface area contributed by atoms with Crippen LogP contribution in [0.15, 0.2) is 42.5 Å². The zero-order valence-electron chi connectivity index (χ0n) is 20.9. The Morgan fingerprint density at radius 1 is 1.19 bits per heavy atom. The fraction of sp³-hybridized carbons (Fsp3) is 0.385. The number of imidazole rings is 1. The Kier molecular flexibility index (Phi) is 7.16. The van der Waals surface area contributed by atoms with Crippen LogP contribution in [0.5, 0.6) is 5.75 Å². The summed E-state index contributed by atoms with van der Waals surface area (Å²) in [6.45, 7) is 6.58. The average molecular weight is 501 g/mol. The highest BCUT2D eigenvalue weighted by Crippen LogP contribution is 2.34. The minimum Gasteiger partial charge on any atom is -0.495 e. The number of rotatable bonds is 7. The molecule has 0 unspecified atom stereocenters. The highest BCUT2D eigenvalue weighted by molar-refractivity contribution is 6.02. The summed E-state index contributed by atoms with van der Waals surface area (Å²) in [7, 11) is 3.70. The Morgan fingerprint density at radius 2 is 1.92 bits per heavy atom. The van der Waals surface area contributed by atoms with Crippen molar-refractivity contribution >= 4 is 17.3 Å². The highest BCUT2D eigenvalue weighted by Gasteiger charge is 2.32. The number of aromatic nitrogens is 2. The normalized spacial score (nSPS) is 14.7. The van der Waals surface area contributed by atoms with Gasteiger partial charge in [-0.05, 0) is 42.1 Å². The Bertz CT molecular complexity index is 1250. The molecule has 3 N–H and O–H groups in total. The average Bonchev–Trinajstić information content (AvgIpc) is 3.18. The number of hydrogen-bond acceptors (Lipinski definition) is 5. The van der Waals surface area contributed by atoms with Gasteiger partial charge >= 0.3 is 11.7 Å². The summed E-state index contributed by atoms with van der Waals surface area (Å²) in [5.74, 6) is -2.58. The van der Waals surface area contributed by atoms with Gasteiger partial charge in [-0.2, -0.15) is 0 Å². The van der Waals surface area contributed by atoms with Crippen molar-refractivity contribution < 1.29 is 28.2 Å². The van der Waals surface area contributed by atoms with E-state index in [1.807, 2.05) is 12.1 Å². The first-order chi connectivity index (χ1) is 17.1. The number of nitrogens with zero attached hydrogens (tertiary/aromatic N) is 3. The van der Waals surface area contributed by atoms with Crippen molar-refractivity contribution in [2.75, 3.05) is 50.6 Å². The number of amides is 1. The largest absolute Gasteiger partial charge is 0.495 e. The van der Waals surface area contributed by atoms with Crippen LogP contribution in [0.1, 0.15) is 35.1 Å². The van der Waals surface area contributed by atoms with E-state index in [2.05, 4.69) is 27.1 Å². The summed E-state index contributed by atoms with van der Waals surface area (Å²) in [6.07, 6.45) is -0.348. The lowest BCUT2D eigenvalue weighted by Gasteiger charge is -2.34. The molecule has 10 heteroatoms. The van der Waals surface area contributed by atoms with Crippen molar-refractivity contribution in [3.8, 4) is 17.1 Å². The maximum Gasteiger partial charge on any atom is 0.327 e. The van der Waals surface area contributed by atoms with Crippen LogP contribution in [0.4, 0.5) is 20.2 Å². The first kappa shape index (κ1) is 25.4. The maximum atomic E-state index is 14.1. The fourth-order valence-electron chi connectivity index (χ4n) is 4.37. The summed E-state index contributed by atoms with van der Waals surface area (Å²) >= 11 is 0. The number of H-pyrrole nitrogens is 1. The van der Waals surface area contributed by atoms with E-state index in [-0.39, 0.29) is 23.4 Å². The van der Waals surface area contributed by atoms with Gasteiger partial charge in [-0.15, -0.1) is 0 Å². The fourth-order valence-corrected chi connectivity index (χ4v) is 4.37. The second kappa shape index (κ2) is 10.1. The van der Waals surface area contributed by atoms with Crippen molar-refractivity contribution in [1.29, 1.82) is 0 Å². The van der Waals surface area contributed by atoms with Crippen molar-refractivity contribution in [1.82, 2.24) is 9.88 Å². The number of halogens is 2. The number of likely N-dealkylation sites (N-methyl/N-ethyl adjacent to an activating group) is 1. The van der Waals surface area contributed by atoms with Crippen molar-refractivity contribution in [3.05, 3.63) is 59.4 Å². The molecule has 1 aromatic heterocycles. The number of piperazine rings is 1. The van der Waals surface area contributed by atoms with Gasteiger partial charge in [0.15, 0.2) is 5.69 Å². The zero-order chi connectivity index (χ0) is 26.0. The number of alkyl halides is 2. The van der Waals surface area contributed by atoms with E-state index in [9.17, 15) is 18.8 Å². The second-order valence-electron chi connectivity index (χ2n) is 9.03. The minimum atomic E-state index is -3.00. The molecule has 0 bridgehead atoms. The molecule has 8 nitrogen and oxygen atoms in total. The number of aryl methyl sites for hydroxylation is 1. The van der Waals surface area contributed by atoms with Gasteiger partial charge in [0.2, 0.25) is 0 Å². The molecule has 1 aliphatic heterocycles. The van der Waals surface area contributed by atoms with E-state index in [1.165, 1.54) is 31.2 Å². The molecule has 1 aliphatic rings. The van der Waals surface area contributed by atoms with Crippen LogP contribution < -0.4 is 19.7 Å². The van der Waals surface area contributed by atoms with E-state index in [1.54, 1.807) is 20.1 Å². The lowest BCUT2D eigenvalue weighted by molar-refractivity contribution is -0.896. The molecule has 1 saturated heterocycles. The van der Waals surface area contributed by atoms with Crippen LogP contribution in [-0.4, -0.2) is 61.3 Å². The van der Waals surface area contributed by atoms with Crippen LogP contribution >= 0.6 is 0 Å². The van der Waals surface area contributed by atoms with Crippen molar-refractivity contribution in [2.24, 2.45) is 0 Å². The molecule has 0 atom stereocenters. The van der Waals surface area contributed by atoms with Gasteiger partial charge in [0.05, 0.1) is 18.4 Å². The quantitative estimate of drug-likeness (QED) is 0.337. The molecule has 3 aromatic rings. The van der Waals surface area contributed by atoms with E-state index in [0.29, 0.717) is 17.1 Å². The number of carbonyl (C=O) groups is 1. The van der Waals surface area contributed by atoms with Crippen LogP contribution in [0.3, 0.4) is 0 Å². The number of hydrogen-bond donors (Lipinski definition) is 3. The molecule has 192 valence electrons. The van der Waals surface area contributed by atoms with Crippen LogP contribution in [-0.2, 0) is 5.92 Å². The molecular formula is C26H32F2N5O3+. The molecular weight excluding hydrogens is 468 g/mol. The number of methoxy groups -OCH3 is 1. The maximum absolute atomic E-state index is 14.1. The monoisotopic (exact) mass is 500 g/mol. The van der Waals surface area contributed by atoms with Gasteiger partial charge in [-0.3, -0.25) is 4.79 Å². The molecule has 0 saturated carbocycles. The third-order valence-corrected chi connectivity index (χ3v) is 6.58. The number of aromatic amines is 1. The summed E-state index contributed by atoms with van der Waals surface area (Å²) in [5.41, 5.74) is 2.01. The number of ether oxygens (including phenoxy) is 1. The lowest BCUT2D eigenvalue weighted by atomic mass is 10.1. The standard InChI is InChI=1S/C26H31F2N5O3/c1-5-26(27,28)19-7-6-8-20(16-19)30-25(34)23-17(2)29-24(33(23)35)18-9-10-22(36-4)21(15-18)32-13-11-31(3)12-14-32/h6-10,15-16,35H,5,11-14H2,1-4H3,(H,30,34)/p+1. The molecule has 36 heavy (non-hydrogen) atoms. The predicted molar refractivity (Wildman–Crippen MR) is 133 cm³/mol. The molecule has 2 aromatic carbocycles. The summed E-state index contributed by atoms with van der Waals surface area (Å²) in [4.78, 5) is 20.6. The van der Waals surface area contributed by atoms with Crippen molar-refractivity contribution in [3.63, 3.8) is 0 Å². The van der Waals surface area contributed by atoms with Gasteiger partial charge in [0, 0.05) is 50.8 Å². The first-order valence-electron chi connectivity index (χ1n) is 11.9. The Labute approximate surface area is 209 Å². The van der Waals surface area contributed by atoms with Gasteiger partial charge in [-0.1, -0.05) is 19.1 Å². The Balaban J connectivity index is 1.63. The molecule has 4 rings (SSSR count). The van der Waals surface area contributed by atoms with Gasteiger partial charge in [-0.25, -0.2) is 13.8 Å². The summed E-state index contributed by atoms with van der Waals surface area (Å²) in [5, 5.41) is 13.6. The van der Waals surface area contributed by atoms with Gasteiger partial charge in [0.25, 0.3) is 11.6 Å². The third-order valence-electron chi connectivity index (χ3n) is 6.58. The molecule has 1 fully saturated rings. The minimum absolute atomic E-state index is 0.0189.